The molecule has 0 unspecified atom stereocenters. The van der Waals surface area contributed by atoms with Gasteiger partial charge in [-0.2, -0.15) is 0 Å². The maximum absolute atomic E-state index is 13.9. The predicted octanol–water partition coefficient (Wildman–Crippen LogP) is 3.71. The third-order valence-electron chi connectivity index (χ3n) is 2.35. The van der Waals surface area contributed by atoms with Crippen LogP contribution in [0.3, 0.4) is 0 Å². The van der Waals surface area contributed by atoms with Crippen molar-refractivity contribution in [3.8, 4) is 5.75 Å². The highest BCUT2D eigenvalue weighted by Gasteiger charge is 2.22. The third-order valence-corrected chi connectivity index (χ3v) is 2.35. The van der Waals surface area contributed by atoms with Gasteiger partial charge in [0.1, 0.15) is 11.4 Å². The standard InChI is InChI=1S/C13H14F2O/c1-13(2,3)16-11-7-10(14)8-5-4-6-9(8)12(11)15/h4,6-7H,5H2,1-3H3. The minimum absolute atomic E-state index is 0.0182. The molecule has 16 heavy (non-hydrogen) atoms. The zero-order valence-electron chi connectivity index (χ0n) is 9.60. The Labute approximate surface area is 93.7 Å². The Balaban J connectivity index is 2.48. The molecule has 0 heterocycles. The number of fused-ring (bicyclic) bond motifs is 1. The van der Waals surface area contributed by atoms with Crippen LogP contribution < -0.4 is 4.74 Å². The molecule has 0 saturated carbocycles. The summed E-state index contributed by atoms with van der Waals surface area (Å²) in [5, 5.41) is 0. The van der Waals surface area contributed by atoms with Crippen molar-refractivity contribution in [3.05, 3.63) is 34.9 Å². The number of rotatable bonds is 1. The SMILES string of the molecule is CC(C)(C)Oc1cc(F)c2c(c1F)C=CC2. The average molecular weight is 224 g/mol. The molecule has 2 rings (SSSR count). The molecule has 0 amide bonds. The Morgan fingerprint density at radius 1 is 1.25 bits per heavy atom. The van der Waals surface area contributed by atoms with Gasteiger partial charge >= 0.3 is 0 Å². The second-order valence-electron chi connectivity index (χ2n) is 4.88. The van der Waals surface area contributed by atoms with E-state index in [1.165, 1.54) is 0 Å². The highest BCUT2D eigenvalue weighted by atomic mass is 19.1. The Kier molecular flexibility index (Phi) is 2.49. The van der Waals surface area contributed by atoms with E-state index >= 15 is 0 Å². The Morgan fingerprint density at radius 2 is 1.94 bits per heavy atom. The van der Waals surface area contributed by atoms with E-state index in [9.17, 15) is 8.78 Å². The topological polar surface area (TPSA) is 9.23 Å². The van der Waals surface area contributed by atoms with Crippen LogP contribution in [-0.2, 0) is 6.42 Å². The minimum atomic E-state index is -0.538. The van der Waals surface area contributed by atoms with Crippen molar-refractivity contribution >= 4 is 6.08 Å². The van der Waals surface area contributed by atoms with Crippen LogP contribution in [0.1, 0.15) is 31.9 Å². The molecule has 0 aromatic heterocycles. The van der Waals surface area contributed by atoms with Gasteiger partial charge in [-0.25, -0.2) is 8.78 Å². The highest BCUT2D eigenvalue weighted by Crippen LogP contribution is 2.33. The van der Waals surface area contributed by atoms with Crippen LogP contribution in [-0.4, -0.2) is 5.60 Å². The fourth-order valence-corrected chi connectivity index (χ4v) is 1.74. The number of allylic oxidation sites excluding steroid dienone is 1. The Hall–Kier alpha value is -1.38. The maximum atomic E-state index is 13.9. The average Bonchev–Trinajstić information content (AvgIpc) is 2.60. The largest absolute Gasteiger partial charge is 0.485 e. The quantitative estimate of drug-likeness (QED) is 0.706. The van der Waals surface area contributed by atoms with Crippen molar-refractivity contribution in [3.63, 3.8) is 0 Å². The minimum Gasteiger partial charge on any atom is -0.485 e. The Morgan fingerprint density at radius 3 is 2.56 bits per heavy atom. The molecule has 3 heteroatoms. The van der Waals surface area contributed by atoms with Crippen LogP contribution in [0.5, 0.6) is 5.75 Å². The molecule has 0 N–H and O–H groups in total. The summed E-state index contributed by atoms with van der Waals surface area (Å²) in [5.74, 6) is -0.893. The summed E-state index contributed by atoms with van der Waals surface area (Å²) in [5.41, 5.74) is 0.196. The lowest BCUT2D eigenvalue weighted by molar-refractivity contribution is 0.123. The highest BCUT2D eigenvalue weighted by molar-refractivity contribution is 5.63. The van der Waals surface area contributed by atoms with Gasteiger partial charge in [0.2, 0.25) is 0 Å². The number of hydrogen-bond donors (Lipinski definition) is 0. The first kappa shape index (κ1) is 11.1. The predicted molar refractivity (Wildman–Crippen MR) is 59.5 cm³/mol. The lowest BCUT2D eigenvalue weighted by Gasteiger charge is -2.22. The van der Waals surface area contributed by atoms with E-state index in [4.69, 9.17) is 4.74 Å². The van der Waals surface area contributed by atoms with Crippen LogP contribution in [0.4, 0.5) is 8.78 Å². The first-order valence-corrected chi connectivity index (χ1v) is 5.25. The summed E-state index contributed by atoms with van der Waals surface area (Å²) in [6, 6.07) is 1.13. The fraction of sp³-hybridized carbons (Fsp3) is 0.385. The second kappa shape index (κ2) is 3.58. The van der Waals surface area contributed by atoms with Gasteiger partial charge < -0.3 is 4.74 Å². The molecular weight excluding hydrogens is 210 g/mol. The smallest absolute Gasteiger partial charge is 0.172 e. The molecule has 1 aliphatic carbocycles. The normalized spacial score (nSPS) is 14.1. The summed E-state index contributed by atoms with van der Waals surface area (Å²) in [7, 11) is 0. The zero-order valence-corrected chi connectivity index (χ0v) is 9.60. The van der Waals surface area contributed by atoms with Gasteiger partial charge in [-0.3, -0.25) is 0 Å². The van der Waals surface area contributed by atoms with Crippen LogP contribution in [0.2, 0.25) is 0 Å². The summed E-state index contributed by atoms with van der Waals surface area (Å²) < 4.78 is 33.0. The van der Waals surface area contributed by atoms with Gasteiger partial charge in [0, 0.05) is 17.2 Å². The van der Waals surface area contributed by atoms with Gasteiger partial charge in [-0.15, -0.1) is 0 Å². The second-order valence-corrected chi connectivity index (χ2v) is 4.88. The molecule has 0 atom stereocenters. The molecule has 1 aliphatic rings. The van der Waals surface area contributed by atoms with Crippen LogP contribution in [0.15, 0.2) is 12.1 Å². The monoisotopic (exact) mass is 224 g/mol. The molecule has 0 saturated heterocycles. The van der Waals surface area contributed by atoms with Crippen molar-refractivity contribution < 1.29 is 13.5 Å². The van der Waals surface area contributed by atoms with E-state index in [1.807, 2.05) is 0 Å². The molecule has 0 bridgehead atoms. The summed E-state index contributed by atoms with van der Waals surface area (Å²) in [6.45, 7) is 5.40. The molecule has 0 aliphatic heterocycles. The van der Waals surface area contributed by atoms with Crippen molar-refractivity contribution in [2.24, 2.45) is 0 Å². The Bertz CT molecular complexity index is 456. The van der Waals surface area contributed by atoms with E-state index in [1.54, 1.807) is 32.9 Å². The van der Waals surface area contributed by atoms with Crippen molar-refractivity contribution in [1.29, 1.82) is 0 Å². The molecule has 1 aromatic carbocycles. The molecular formula is C13H14F2O. The molecule has 0 radical (unpaired) electrons. The number of benzene rings is 1. The molecule has 1 nitrogen and oxygen atoms in total. The van der Waals surface area contributed by atoms with Gasteiger partial charge in [-0.05, 0) is 27.2 Å². The van der Waals surface area contributed by atoms with Crippen molar-refractivity contribution in [1.82, 2.24) is 0 Å². The zero-order chi connectivity index (χ0) is 11.9. The van der Waals surface area contributed by atoms with Gasteiger partial charge in [0.25, 0.3) is 0 Å². The fourth-order valence-electron chi connectivity index (χ4n) is 1.74. The van der Waals surface area contributed by atoms with Crippen molar-refractivity contribution in [2.45, 2.75) is 32.8 Å². The first-order valence-electron chi connectivity index (χ1n) is 5.25. The lowest BCUT2D eigenvalue weighted by atomic mass is 10.1. The number of hydrogen-bond acceptors (Lipinski definition) is 1. The molecule has 1 aromatic rings. The van der Waals surface area contributed by atoms with Crippen molar-refractivity contribution in [2.75, 3.05) is 0 Å². The summed E-state index contributed by atoms with van der Waals surface area (Å²) in [6.07, 6.45) is 3.80. The van der Waals surface area contributed by atoms with E-state index < -0.39 is 17.2 Å². The van der Waals surface area contributed by atoms with Gasteiger partial charge in [-0.1, -0.05) is 12.2 Å². The van der Waals surface area contributed by atoms with E-state index in [2.05, 4.69) is 0 Å². The number of halogens is 2. The third kappa shape index (κ3) is 1.94. The van der Waals surface area contributed by atoms with E-state index in [0.717, 1.165) is 6.07 Å². The van der Waals surface area contributed by atoms with Gasteiger partial charge in [0.15, 0.2) is 11.6 Å². The lowest BCUT2D eigenvalue weighted by Crippen LogP contribution is -2.24. The first-order chi connectivity index (χ1) is 7.38. The van der Waals surface area contributed by atoms with Crippen LogP contribution >= 0.6 is 0 Å². The molecule has 0 fully saturated rings. The maximum Gasteiger partial charge on any atom is 0.172 e. The van der Waals surface area contributed by atoms with E-state index in [0.29, 0.717) is 17.5 Å². The summed E-state index contributed by atoms with van der Waals surface area (Å²) >= 11 is 0. The van der Waals surface area contributed by atoms with Gasteiger partial charge in [0.05, 0.1) is 0 Å². The molecule has 86 valence electrons. The van der Waals surface area contributed by atoms with Crippen LogP contribution in [0.25, 0.3) is 6.08 Å². The van der Waals surface area contributed by atoms with Crippen LogP contribution in [0, 0.1) is 11.6 Å². The number of ether oxygens (including phenoxy) is 1. The van der Waals surface area contributed by atoms with E-state index in [-0.39, 0.29) is 5.75 Å². The summed E-state index contributed by atoms with van der Waals surface area (Å²) in [4.78, 5) is 0. The molecule has 0 spiro atoms.